The predicted molar refractivity (Wildman–Crippen MR) is 67.7 cm³/mol. The van der Waals surface area contributed by atoms with Gasteiger partial charge in [0.1, 0.15) is 0 Å². The van der Waals surface area contributed by atoms with Gasteiger partial charge in [-0.15, -0.1) is 0 Å². The van der Waals surface area contributed by atoms with Crippen LogP contribution in [-0.2, 0) is 0 Å². The lowest BCUT2D eigenvalue weighted by Gasteiger charge is -2.05. The maximum atomic E-state index is 11.3. The topological polar surface area (TPSA) is 80.4 Å². The van der Waals surface area contributed by atoms with Gasteiger partial charge >= 0.3 is 5.97 Å². The summed E-state index contributed by atoms with van der Waals surface area (Å²) in [5, 5.41) is 20.5. The Kier molecular flexibility index (Phi) is 2.35. The van der Waals surface area contributed by atoms with E-state index in [0.29, 0.717) is 22.3 Å². The summed E-state index contributed by atoms with van der Waals surface area (Å²) in [5.74, 6) is -1.07. The molecule has 94 valence electrons. The van der Waals surface area contributed by atoms with E-state index in [9.17, 15) is 20.0 Å². The summed E-state index contributed by atoms with van der Waals surface area (Å²) < 4.78 is 0. The fourth-order valence-corrected chi connectivity index (χ4v) is 2.63. The average Bonchev–Trinajstić information content (AvgIpc) is 2.72. The molecule has 1 aliphatic carbocycles. The maximum Gasteiger partial charge on any atom is 0.336 e. The summed E-state index contributed by atoms with van der Waals surface area (Å²) in [4.78, 5) is 22.2. The Morgan fingerprint density at radius 2 is 1.79 bits per heavy atom. The number of carboxylic acid groups (broad SMARTS) is 1. The minimum absolute atomic E-state index is 0.106. The molecule has 19 heavy (non-hydrogen) atoms. The standard InChI is InChI=1S/C14H9NO4/c16-14(17)11-7-3-6-10-12(11)8-4-1-2-5-9(8)13(10)15(18)19/h1-7,13H,(H,16,17). The lowest BCUT2D eigenvalue weighted by atomic mass is 9.99. The average molecular weight is 255 g/mol. The first-order valence-corrected chi connectivity index (χ1v) is 5.70. The highest BCUT2D eigenvalue weighted by Crippen LogP contribution is 2.46. The van der Waals surface area contributed by atoms with E-state index >= 15 is 0 Å². The molecule has 0 amide bonds. The zero-order valence-corrected chi connectivity index (χ0v) is 9.74. The Morgan fingerprint density at radius 1 is 1.11 bits per heavy atom. The van der Waals surface area contributed by atoms with E-state index in [0.717, 1.165) is 0 Å². The van der Waals surface area contributed by atoms with E-state index in [1.165, 1.54) is 6.07 Å². The van der Waals surface area contributed by atoms with Crippen molar-refractivity contribution in [1.82, 2.24) is 0 Å². The van der Waals surface area contributed by atoms with Crippen molar-refractivity contribution in [1.29, 1.82) is 0 Å². The second kappa shape index (κ2) is 3.91. The minimum atomic E-state index is -1.07. The molecule has 0 bridgehead atoms. The highest BCUT2D eigenvalue weighted by molar-refractivity contribution is 5.99. The van der Waals surface area contributed by atoms with E-state index < -0.39 is 12.0 Å². The highest BCUT2D eigenvalue weighted by Gasteiger charge is 2.38. The van der Waals surface area contributed by atoms with Gasteiger partial charge in [-0.05, 0) is 11.6 Å². The maximum absolute atomic E-state index is 11.3. The van der Waals surface area contributed by atoms with Crippen LogP contribution < -0.4 is 0 Å². The van der Waals surface area contributed by atoms with Crippen LogP contribution in [0.1, 0.15) is 27.5 Å². The van der Waals surface area contributed by atoms with Crippen LogP contribution in [0.5, 0.6) is 0 Å². The molecule has 1 aliphatic rings. The lowest BCUT2D eigenvalue weighted by Crippen LogP contribution is -2.09. The summed E-state index contributed by atoms with van der Waals surface area (Å²) in [6.07, 6.45) is 0. The van der Waals surface area contributed by atoms with Crippen LogP contribution in [0.4, 0.5) is 0 Å². The number of nitro groups is 1. The van der Waals surface area contributed by atoms with Crippen LogP contribution >= 0.6 is 0 Å². The van der Waals surface area contributed by atoms with Crippen molar-refractivity contribution >= 4 is 5.97 Å². The number of hydrogen-bond acceptors (Lipinski definition) is 3. The van der Waals surface area contributed by atoms with Gasteiger partial charge in [0, 0.05) is 21.6 Å². The van der Waals surface area contributed by atoms with Crippen LogP contribution in [-0.4, -0.2) is 16.0 Å². The third-order valence-corrected chi connectivity index (χ3v) is 3.36. The van der Waals surface area contributed by atoms with Gasteiger partial charge in [0.15, 0.2) is 0 Å². The molecular weight excluding hydrogens is 246 g/mol. The van der Waals surface area contributed by atoms with Crippen LogP contribution in [0.25, 0.3) is 11.1 Å². The molecule has 0 spiro atoms. The van der Waals surface area contributed by atoms with Crippen molar-refractivity contribution in [2.24, 2.45) is 0 Å². The summed E-state index contributed by atoms with van der Waals surface area (Å²) in [6.45, 7) is 0. The molecule has 5 heteroatoms. The zero-order chi connectivity index (χ0) is 13.6. The Morgan fingerprint density at radius 3 is 2.47 bits per heavy atom. The molecule has 1 N–H and O–H groups in total. The molecule has 1 atom stereocenters. The Balaban J connectivity index is 2.39. The summed E-state index contributed by atoms with van der Waals surface area (Å²) >= 11 is 0. The SMILES string of the molecule is O=C(O)c1cccc2c1-c1ccccc1C2[N+](=O)[O-]. The quantitative estimate of drug-likeness (QED) is 0.660. The fraction of sp³-hybridized carbons (Fsp3) is 0.0714. The first kappa shape index (κ1) is 11.4. The number of benzene rings is 2. The van der Waals surface area contributed by atoms with Crippen molar-refractivity contribution in [2.75, 3.05) is 0 Å². The van der Waals surface area contributed by atoms with Crippen LogP contribution in [0.3, 0.4) is 0 Å². The summed E-state index contributed by atoms with van der Waals surface area (Å²) in [7, 11) is 0. The summed E-state index contributed by atoms with van der Waals surface area (Å²) in [6, 6.07) is 10.5. The number of carbonyl (C=O) groups is 1. The second-order valence-electron chi connectivity index (χ2n) is 4.35. The lowest BCUT2D eigenvalue weighted by molar-refractivity contribution is -0.516. The van der Waals surface area contributed by atoms with Gasteiger partial charge in [0.2, 0.25) is 0 Å². The predicted octanol–water partition coefficient (Wildman–Crippen LogP) is 2.73. The molecule has 3 rings (SSSR count). The van der Waals surface area contributed by atoms with Gasteiger partial charge in [-0.3, -0.25) is 10.1 Å². The third-order valence-electron chi connectivity index (χ3n) is 3.36. The number of hydrogen-bond donors (Lipinski definition) is 1. The van der Waals surface area contributed by atoms with Crippen molar-refractivity contribution in [3.8, 4) is 11.1 Å². The Hall–Kier alpha value is -2.69. The van der Waals surface area contributed by atoms with Crippen molar-refractivity contribution in [3.05, 3.63) is 69.3 Å². The Bertz CT molecular complexity index is 708. The van der Waals surface area contributed by atoms with Crippen molar-refractivity contribution in [3.63, 3.8) is 0 Å². The second-order valence-corrected chi connectivity index (χ2v) is 4.35. The highest BCUT2D eigenvalue weighted by atomic mass is 16.6. The number of aromatic carboxylic acids is 1. The molecular formula is C14H9NO4. The van der Waals surface area contributed by atoms with Gasteiger partial charge in [0.05, 0.1) is 5.56 Å². The first-order chi connectivity index (χ1) is 9.11. The third kappa shape index (κ3) is 1.52. The summed E-state index contributed by atoms with van der Waals surface area (Å²) in [5.41, 5.74) is 2.21. The van der Waals surface area contributed by atoms with E-state index in [2.05, 4.69) is 0 Å². The number of rotatable bonds is 2. The molecule has 0 fully saturated rings. The fourth-order valence-electron chi connectivity index (χ4n) is 2.63. The molecule has 0 aromatic heterocycles. The number of nitrogens with zero attached hydrogens (tertiary/aromatic N) is 1. The normalized spacial score (nSPS) is 15.7. The van der Waals surface area contributed by atoms with Crippen LogP contribution in [0, 0.1) is 10.1 Å². The van der Waals surface area contributed by atoms with Crippen LogP contribution in [0.15, 0.2) is 42.5 Å². The molecule has 2 aromatic carbocycles. The van der Waals surface area contributed by atoms with Crippen molar-refractivity contribution < 1.29 is 14.8 Å². The molecule has 2 aromatic rings. The van der Waals surface area contributed by atoms with E-state index in [1.807, 2.05) is 0 Å². The van der Waals surface area contributed by atoms with E-state index in [1.54, 1.807) is 36.4 Å². The van der Waals surface area contributed by atoms with Gasteiger partial charge < -0.3 is 5.11 Å². The van der Waals surface area contributed by atoms with E-state index in [4.69, 9.17) is 0 Å². The molecule has 0 radical (unpaired) electrons. The van der Waals surface area contributed by atoms with Gasteiger partial charge in [-0.2, -0.15) is 0 Å². The van der Waals surface area contributed by atoms with Gasteiger partial charge in [-0.25, -0.2) is 4.79 Å². The minimum Gasteiger partial charge on any atom is -0.478 e. The molecule has 5 nitrogen and oxygen atoms in total. The van der Waals surface area contributed by atoms with E-state index in [-0.39, 0.29) is 10.5 Å². The number of fused-ring (bicyclic) bond motifs is 3. The largest absolute Gasteiger partial charge is 0.478 e. The molecule has 0 saturated heterocycles. The molecule has 0 aliphatic heterocycles. The number of carboxylic acids is 1. The molecule has 1 unspecified atom stereocenters. The van der Waals surface area contributed by atoms with Gasteiger partial charge in [0.25, 0.3) is 6.04 Å². The monoisotopic (exact) mass is 255 g/mol. The molecule has 0 heterocycles. The Labute approximate surface area is 108 Å². The van der Waals surface area contributed by atoms with Crippen LogP contribution in [0.2, 0.25) is 0 Å². The van der Waals surface area contributed by atoms with Gasteiger partial charge in [-0.1, -0.05) is 36.4 Å². The first-order valence-electron chi connectivity index (χ1n) is 5.70. The zero-order valence-electron chi connectivity index (χ0n) is 9.74. The van der Waals surface area contributed by atoms with Crippen molar-refractivity contribution in [2.45, 2.75) is 6.04 Å². The molecule has 0 saturated carbocycles. The smallest absolute Gasteiger partial charge is 0.336 e.